The minimum atomic E-state index is -1.84. The lowest BCUT2D eigenvalue weighted by molar-refractivity contribution is -0.145. The normalized spacial score (nSPS) is 15.5. The molecule has 344 valence electrons. The fourth-order valence-corrected chi connectivity index (χ4v) is 6.03. The lowest BCUT2D eigenvalue weighted by atomic mass is 10.1. The van der Waals surface area contributed by atoms with Crippen LogP contribution >= 0.6 is 0 Å². The molecule has 1 fully saturated rings. The summed E-state index contributed by atoms with van der Waals surface area (Å²) in [5.74, 6) is -15.1. The molecule has 24 heteroatoms. The van der Waals surface area contributed by atoms with Crippen molar-refractivity contribution in [3.8, 4) is 5.75 Å². The molecule has 1 unspecified atom stereocenters. The van der Waals surface area contributed by atoms with Crippen molar-refractivity contribution in [1.29, 1.82) is 0 Å². The third-order valence-electron chi connectivity index (χ3n) is 9.15. The molecule has 1 aliphatic rings. The van der Waals surface area contributed by atoms with Crippen LogP contribution in [0.1, 0.15) is 38.5 Å². The van der Waals surface area contributed by atoms with E-state index in [9.17, 15) is 71.5 Å². The summed E-state index contributed by atoms with van der Waals surface area (Å²) in [4.78, 5) is 89.6. The number of esters is 1. The molecule has 0 saturated carbocycles. The van der Waals surface area contributed by atoms with Crippen LogP contribution in [0.3, 0.4) is 0 Å². The molecule has 1 heterocycles. The fraction of sp³-hybridized carbons (Fsp3) is 0.649. The number of ether oxygens (including phenoxy) is 3. The highest BCUT2D eigenvalue weighted by molar-refractivity contribution is 5.78. The first-order valence-electron chi connectivity index (χ1n) is 19.5. The van der Waals surface area contributed by atoms with Gasteiger partial charge in [-0.2, -0.15) is 8.78 Å². The Balaban J connectivity index is 1.67. The predicted molar refractivity (Wildman–Crippen MR) is 202 cm³/mol. The van der Waals surface area contributed by atoms with Gasteiger partial charge in [-0.1, -0.05) is 0 Å². The van der Waals surface area contributed by atoms with Gasteiger partial charge in [-0.15, -0.1) is 0 Å². The molecule has 61 heavy (non-hydrogen) atoms. The van der Waals surface area contributed by atoms with E-state index in [1.807, 2.05) is 0 Å². The molecule has 6 N–H and O–H groups in total. The summed E-state index contributed by atoms with van der Waals surface area (Å²) in [5, 5.41) is 43.5. The van der Waals surface area contributed by atoms with Crippen molar-refractivity contribution in [2.75, 3.05) is 112 Å². The van der Waals surface area contributed by atoms with E-state index in [4.69, 9.17) is 9.47 Å². The number of hydrogen-bond donors (Lipinski definition) is 6. The van der Waals surface area contributed by atoms with Crippen LogP contribution in [0.4, 0.5) is 17.6 Å². The fourth-order valence-electron chi connectivity index (χ4n) is 6.03. The number of nitrogens with one attached hydrogen (secondary N) is 2. The molecular formula is C37H54F4N6O14. The predicted octanol–water partition coefficient (Wildman–Crippen LogP) is -0.317. The van der Waals surface area contributed by atoms with Gasteiger partial charge in [-0.25, -0.2) is 8.78 Å². The Morgan fingerprint density at radius 2 is 1.00 bits per heavy atom. The number of amides is 2. The zero-order valence-electron chi connectivity index (χ0n) is 33.6. The quantitative estimate of drug-likeness (QED) is 0.0229. The van der Waals surface area contributed by atoms with Gasteiger partial charge in [-0.05, 0) is 19.3 Å². The zero-order valence-corrected chi connectivity index (χ0v) is 33.6. The monoisotopic (exact) mass is 882 g/mol. The zero-order chi connectivity index (χ0) is 45.3. The van der Waals surface area contributed by atoms with Crippen molar-refractivity contribution in [2.24, 2.45) is 0 Å². The van der Waals surface area contributed by atoms with Crippen LogP contribution in [-0.2, 0) is 43.0 Å². The van der Waals surface area contributed by atoms with E-state index >= 15 is 0 Å². The number of carboxylic acids is 4. The first-order valence-corrected chi connectivity index (χ1v) is 19.5. The van der Waals surface area contributed by atoms with Crippen LogP contribution in [0.5, 0.6) is 5.75 Å². The Kier molecular flexibility index (Phi) is 24.4. The average Bonchev–Trinajstić information content (AvgIpc) is 3.18. The topological polar surface area (TPSA) is 265 Å². The molecular weight excluding hydrogens is 828 g/mol. The van der Waals surface area contributed by atoms with Crippen LogP contribution in [0, 0.1) is 23.3 Å². The van der Waals surface area contributed by atoms with Crippen molar-refractivity contribution in [1.82, 2.24) is 30.2 Å². The number of unbranched alkanes of at least 4 members (excludes halogenated alkanes) is 1. The second-order valence-corrected chi connectivity index (χ2v) is 13.8. The van der Waals surface area contributed by atoms with Crippen LogP contribution in [0.15, 0.2) is 6.07 Å². The van der Waals surface area contributed by atoms with Gasteiger partial charge < -0.3 is 45.3 Å². The molecule has 1 aliphatic heterocycles. The molecule has 1 saturated heterocycles. The molecule has 0 aromatic heterocycles. The number of aliphatic carboxylic acids is 4. The van der Waals surface area contributed by atoms with E-state index in [0.29, 0.717) is 0 Å². The molecule has 0 bridgehead atoms. The molecule has 2 amide bonds. The molecule has 0 aliphatic carbocycles. The van der Waals surface area contributed by atoms with Crippen molar-refractivity contribution in [2.45, 2.75) is 44.6 Å². The molecule has 1 atom stereocenters. The van der Waals surface area contributed by atoms with Crippen molar-refractivity contribution < 1.29 is 85.8 Å². The number of carbonyl (C=O) groups excluding carboxylic acids is 3. The summed E-state index contributed by atoms with van der Waals surface area (Å²) in [6, 6.07) is -1.17. The molecule has 0 spiro atoms. The lowest BCUT2D eigenvalue weighted by Crippen LogP contribution is -2.52. The Hall–Kier alpha value is -5.01. The highest BCUT2D eigenvalue weighted by Gasteiger charge is 2.29. The maximum Gasteiger partial charge on any atom is 0.320 e. The third-order valence-corrected chi connectivity index (χ3v) is 9.15. The first kappa shape index (κ1) is 52.1. The first-order chi connectivity index (χ1) is 29.0. The highest BCUT2D eigenvalue weighted by atomic mass is 19.2. The molecule has 1 aromatic rings. The summed E-state index contributed by atoms with van der Waals surface area (Å²) < 4.78 is 69.0. The number of carbonyl (C=O) groups is 7. The summed E-state index contributed by atoms with van der Waals surface area (Å²) >= 11 is 0. The van der Waals surface area contributed by atoms with Crippen LogP contribution < -0.4 is 15.4 Å². The van der Waals surface area contributed by atoms with Gasteiger partial charge >= 0.3 is 29.8 Å². The van der Waals surface area contributed by atoms with Gasteiger partial charge in [0.05, 0.1) is 46.1 Å². The second kappa shape index (κ2) is 28.5. The van der Waals surface area contributed by atoms with Crippen molar-refractivity contribution in [3.05, 3.63) is 29.3 Å². The minimum absolute atomic E-state index is 0.00713. The van der Waals surface area contributed by atoms with Crippen LogP contribution in [0.25, 0.3) is 0 Å². The maximum atomic E-state index is 13.6. The van der Waals surface area contributed by atoms with Gasteiger partial charge in [0.1, 0.15) is 6.04 Å². The average molecular weight is 883 g/mol. The largest absolute Gasteiger partial charge is 0.480 e. The maximum absolute atomic E-state index is 13.6. The van der Waals surface area contributed by atoms with Crippen LogP contribution in [-0.4, -0.2) is 199 Å². The molecule has 0 radical (unpaired) electrons. The Morgan fingerprint density at radius 3 is 1.43 bits per heavy atom. The van der Waals surface area contributed by atoms with Gasteiger partial charge in [0, 0.05) is 90.8 Å². The number of rotatable bonds is 26. The number of nitrogens with zero attached hydrogens (tertiary/aromatic N) is 4. The lowest BCUT2D eigenvalue weighted by Gasteiger charge is -2.35. The Morgan fingerprint density at radius 1 is 0.590 bits per heavy atom. The minimum Gasteiger partial charge on any atom is -0.480 e. The van der Waals surface area contributed by atoms with E-state index in [1.54, 1.807) is 19.6 Å². The van der Waals surface area contributed by atoms with Crippen molar-refractivity contribution in [3.63, 3.8) is 0 Å². The number of carboxylic acid groups (broad SMARTS) is 4. The number of benzene rings is 1. The highest BCUT2D eigenvalue weighted by Crippen LogP contribution is 2.27. The number of hydrogen-bond acceptors (Lipinski definition) is 14. The summed E-state index contributed by atoms with van der Waals surface area (Å²) in [7, 11) is 0. The van der Waals surface area contributed by atoms with Gasteiger partial charge in [0.15, 0.2) is 11.6 Å². The standard InChI is InChI=1S/C37H54F4N6O14/c38-25-21-26(39)35(41)36(34(25)40)61-33(56)4-2-1-3-28(48)42-7-17-59-19-20-60-18-8-43-29(49)6-5-27(37(57)58)47-15-13-45(23-31(52)53)11-9-44(22-30(50)51)10-12-46(14-16-47)24-32(54)55/h21,27H,1-20,22-24H2,(H,42,48)(H,43,49)(H,50,51)(H,52,53)(H,54,55)(H,57,58). The molecule has 1 aromatic carbocycles. The summed E-state index contributed by atoms with van der Waals surface area (Å²) in [5.41, 5.74) is 0. The SMILES string of the molecule is O=C(O)CN1CCN(CC(=O)O)CCN(C(CCC(=O)NCCOCCOCCNC(=O)CCCCC(=O)Oc2c(F)c(F)cc(F)c2F)C(=O)O)CCN(CC(=O)O)CC1. The van der Waals surface area contributed by atoms with E-state index in [1.165, 1.54) is 0 Å². The van der Waals surface area contributed by atoms with Gasteiger partial charge in [0.2, 0.25) is 29.2 Å². The Labute approximate surface area is 348 Å². The van der Waals surface area contributed by atoms with E-state index in [2.05, 4.69) is 15.4 Å². The third kappa shape index (κ3) is 21.9. The van der Waals surface area contributed by atoms with Crippen LogP contribution in [0.2, 0.25) is 0 Å². The summed E-state index contributed by atoms with van der Waals surface area (Å²) in [6.45, 7) is 0.845. The molecule has 2 rings (SSSR count). The van der Waals surface area contributed by atoms with Crippen molar-refractivity contribution >= 4 is 41.7 Å². The molecule has 20 nitrogen and oxygen atoms in total. The number of halogens is 4. The smallest absolute Gasteiger partial charge is 0.320 e. The summed E-state index contributed by atoms with van der Waals surface area (Å²) in [6.07, 6.45) is -0.327. The van der Waals surface area contributed by atoms with E-state index in [-0.39, 0.29) is 162 Å². The van der Waals surface area contributed by atoms with E-state index in [0.717, 1.165) is 0 Å². The second-order valence-electron chi connectivity index (χ2n) is 13.8. The Bertz CT molecular complexity index is 1570. The van der Waals surface area contributed by atoms with Gasteiger partial charge in [0.25, 0.3) is 0 Å². The van der Waals surface area contributed by atoms with Gasteiger partial charge in [-0.3, -0.25) is 53.2 Å². The van der Waals surface area contributed by atoms with E-state index < -0.39 is 70.8 Å².